The minimum absolute atomic E-state index is 0.0289. The number of nitrogens with two attached hydrogens (primary N) is 1. The Kier molecular flexibility index (Phi) is 19.8. The van der Waals surface area contributed by atoms with Crippen molar-refractivity contribution in [2.45, 2.75) is 147 Å². The van der Waals surface area contributed by atoms with Crippen molar-refractivity contribution in [1.82, 2.24) is 14.6 Å². The number of nitrogens with zero attached hydrogens (tertiary/aromatic N) is 5. The molecule has 1 aliphatic heterocycles. The molecule has 14 nitrogen and oxygen atoms in total. The highest BCUT2D eigenvalue weighted by molar-refractivity contribution is 7.47. The number of phosphoric ester groups is 1. The number of fused-ring (bicyclic) bond motifs is 1. The first-order valence-electron chi connectivity index (χ1n) is 20.5. The van der Waals surface area contributed by atoms with Crippen LogP contribution in [0.4, 0.5) is 10.2 Å². The van der Waals surface area contributed by atoms with Gasteiger partial charge in [-0.3, -0.25) is 9.05 Å². The van der Waals surface area contributed by atoms with Gasteiger partial charge in [-0.05, 0) is 42.3 Å². The molecule has 0 aliphatic carbocycles. The molecule has 2 aromatic heterocycles. The first-order chi connectivity index (χ1) is 27.6. The topological polar surface area (TPSA) is 207 Å². The van der Waals surface area contributed by atoms with Gasteiger partial charge in [0.15, 0.2) is 5.82 Å². The lowest BCUT2D eigenvalue weighted by Gasteiger charge is -2.24. The van der Waals surface area contributed by atoms with Crippen LogP contribution in [0.5, 0.6) is 0 Å². The highest BCUT2D eigenvalue weighted by atomic mass is 31.2. The van der Waals surface area contributed by atoms with E-state index < -0.39 is 50.8 Å². The van der Waals surface area contributed by atoms with Crippen molar-refractivity contribution in [2.75, 3.05) is 32.2 Å². The average Bonchev–Trinajstić information content (AvgIpc) is 3.79. The number of halogens is 1. The van der Waals surface area contributed by atoms with E-state index in [-0.39, 0.29) is 36.7 Å². The number of hydrogen-bond acceptors (Lipinski definition) is 12. The van der Waals surface area contributed by atoms with E-state index >= 15 is 0 Å². The number of hydrogen-bond donors (Lipinski definition) is 3. The monoisotopic (exact) mass is 814 g/mol. The fourth-order valence-corrected chi connectivity index (χ4v) is 7.83. The Hall–Kier alpha value is -3.50. The van der Waals surface area contributed by atoms with Gasteiger partial charge in [0, 0.05) is 13.0 Å². The van der Waals surface area contributed by atoms with Crippen molar-refractivity contribution in [3.63, 3.8) is 0 Å². The molecule has 1 aromatic carbocycles. The molecule has 1 unspecified atom stereocenters. The smallest absolute Gasteiger partial charge is 0.388 e. The standard InChI is InChI=1S/C41H60FN6O8P/c1-2-3-4-5-6-7-8-9-10-11-12-13-14-15-16-17-20-52-27-36(53-26-33-21-32(25-43)22-34(42)23-33)29-55-57(50,51)54-28-35-24-39(49)41(30-44,56-35)38-19-18-37-40(45)46-31-47-48(37)38/h18-19,21-23,31,35-36,39,49H,2-17,20,24,26-29H2,1H3,(H,50,51)(H2,45,46,47)/t35-,36+,39+,41-/m0/s1. The minimum Gasteiger partial charge on any atom is -0.388 e. The van der Waals surface area contributed by atoms with Gasteiger partial charge in [-0.15, -0.1) is 0 Å². The maximum atomic E-state index is 14.1. The maximum Gasteiger partial charge on any atom is 0.472 e. The molecule has 0 radical (unpaired) electrons. The molecule has 4 rings (SSSR count). The summed E-state index contributed by atoms with van der Waals surface area (Å²) in [5, 5.41) is 34.4. The van der Waals surface area contributed by atoms with E-state index in [1.165, 1.54) is 106 Å². The van der Waals surface area contributed by atoms with Crippen molar-refractivity contribution in [3.05, 3.63) is 59.3 Å². The number of unbranched alkanes of at least 4 members (excludes halogenated alkanes) is 15. The van der Waals surface area contributed by atoms with E-state index in [4.69, 9.17) is 29.0 Å². The number of aliphatic hydroxyl groups is 1. The summed E-state index contributed by atoms with van der Waals surface area (Å²) in [5.41, 5.74) is 5.24. The number of anilines is 1. The first kappa shape index (κ1) is 46.2. The first-order valence-corrected chi connectivity index (χ1v) is 22.0. The Bertz CT molecular complexity index is 1790. The van der Waals surface area contributed by atoms with E-state index in [9.17, 15) is 29.5 Å². The number of rotatable bonds is 29. The quantitative estimate of drug-likeness (QED) is 0.0447. The molecule has 5 atom stereocenters. The van der Waals surface area contributed by atoms with Gasteiger partial charge in [0.1, 0.15) is 35.9 Å². The molecule has 1 aliphatic rings. The van der Waals surface area contributed by atoms with Crippen LogP contribution < -0.4 is 5.73 Å². The van der Waals surface area contributed by atoms with Gasteiger partial charge in [-0.1, -0.05) is 103 Å². The van der Waals surface area contributed by atoms with Crippen LogP contribution in [0, 0.1) is 28.5 Å². The van der Waals surface area contributed by atoms with Crippen LogP contribution in [0.1, 0.15) is 133 Å². The van der Waals surface area contributed by atoms with Crippen LogP contribution in [-0.4, -0.2) is 69.3 Å². The average molecular weight is 815 g/mol. The van der Waals surface area contributed by atoms with E-state index in [1.54, 1.807) is 12.1 Å². The number of aliphatic hydroxyl groups excluding tert-OH is 1. The summed E-state index contributed by atoms with van der Waals surface area (Å²) in [6, 6.07) is 10.9. The molecule has 16 heteroatoms. The Morgan fingerprint density at radius 3 is 2.26 bits per heavy atom. The number of nitriles is 2. The van der Waals surface area contributed by atoms with E-state index in [0.717, 1.165) is 25.3 Å². The molecule has 0 saturated carbocycles. The zero-order valence-corrected chi connectivity index (χ0v) is 34.1. The van der Waals surface area contributed by atoms with Crippen LogP contribution >= 0.6 is 7.82 Å². The van der Waals surface area contributed by atoms with Gasteiger partial charge < -0.3 is 29.9 Å². The fraction of sp³-hybridized carbons (Fsp3) is 0.659. The van der Waals surface area contributed by atoms with Crippen LogP contribution in [-0.2, 0) is 40.0 Å². The minimum atomic E-state index is -4.69. The van der Waals surface area contributed by atoms with Crippen molar-refractivity contribution >= 4 is 19.2 Å². The summed E-state index contributed by atoms with van der Waals surface area (Å²) in [6.45, 7) is 1.76. The third-order valence-corrected chi connectivity index (χ3v) is 11.2. The van der Waals surface area contributed by atoms with Crippen molar-refractivity contribution in [1.29, 1.82) is 10.5 Å². The highest BCUT2D eigenvalue weighted by Gasteiger charge is 2.52. The zero-order chi connectivity index (χ0) is 40.9. The van der Waals surface area contributed by atoms with Gasteiger partial charge >= 0.3 is 7.82 Å². The Morgan fingerprint density at radius 2 is 1.63 bits per heavy atom. The predicted octanol–water partition coefficient (Wildman–Crippen LogP) is 8.19. The molecule has 3 aromatic rings. The van der Waals surface area contributed by atoms with Gasteiger partial charge in [0.25, 0.3) is 0 Å². The van der Waals surface area contributed by atoms with Gasteiger partial charge in [-0.25, -0.2) is 18.5 Å². The fourth-order valence-electron chi connectivity index (χ4n) is 7.05. The molecule has 0 spiro atoms. The number of ether oxygens (including phenoxy) is 3. The van der Waals surface area contributed by atoms with E-state index in [1.807, 2.05) is 12.1 Å². The Labute approximate surface area is 336 Å². The molecular weight excluding hydrogens is 754 g/mol. The number of nitrogen functional groups attached to an aromatic ring is 1. The second-order valence-electron chi connectivity index (χ2n) is 14.8. The molecule has 0 bridgehead atoms. The van der Waals surface area contributed by atoms with Gasteiger partial charge in [0.05, 0.1) is 49.9 Å². The predicted molar refractivity (Wildman–Crippen MR) is 212 cm³/mol. The van der Waals surface area contributed by atoms with Crippen molar-refractivity contribution < 1.29 is 42.2 Å². The normalized spacial score (nSPS) is 19.7. The summed E-state index contributed by atoms with van der Waals surface area (Å²) in [4.78, 5) is 14.5. The van der Waals surface area contributed by atoms with Crippen molar-refractivity contribution in [2.24, 2.45) is 0 Å². The summed E-state index contributed by atoms with van der Waals surface area (Å²) in [7, 11) is -4.69. The summed E-state index contributed by atoms with van der Waals surface area (Å²) < 4.78 is 56.6. The molecule has 3 heterocycles. The molecule has 57 heavy (non-hydrogen) atoms. The summed E-state index contributed by atoms with van der Waals surface area (Å²) in [5.74, 6) is -0.415. The van der Waals surface area contributed by atoms with Crippen molar-refractivity contribution in [3.8, 4) is 12.1 Å². The number of phosphoric acid groups is 1. The lowest BCUT2D eigenvalue weighted by molar-refractivity contribution is -0.0674. The lowest BCUT2D eigenvalue weighted by Crippen LogP contribution is -2.36. The maximum absolute atomic E-state index is 14.1. The highest BCUT2D eigenvalue weighted by Crippen LogP contribution is 2.46. The third-order valence-electron chi connectivity index (χ3n) is 10.2. The van der Waals surface area contributed by atoms with Gasteiger partial charge in [0.2, 0.25) is 5.60 Å². The van der Waals surface area contributed by atoms with Crippen LogP contribution in [0.15, 0.2) is 36.7 Å². The second-order valence-corrected chi connectivity index (χ2v) is 16.3. The van der Waals surface area contributed by atoms with Crippen LogP contribution in [0.25, 0.3) is 5.52 Å². The SMILES string of the molecule is CCCCCCCCCCCCCCCCCCOC[C@H](COP(=O)(O)OC[C@@H]1C[C@@H](O)[C@](C#N)(c2ccc3c(N)ncnn23)O1)OCc1cc(F)cc(C#N)c1. The van der Waals surface area contributed by atoms with Crippen LogP contribution in [0.3, 0.4) is 0 Å². The van der Waals surface area contributed by atoms with Crippen LogP contribution in [0.2, 0.25) is 0 Å². The second kappa shape index (κ2) is 24.4. The molecule has 1 saturated heterocycles. The van der Waals surface area contributed by atoms with E-state index in [0.29, 0.717) is 17.7 Å². The number of aromatic nitrogens is 3. The molecule has 1 fully saturated rings. The lowest BCUT2D eigenvalue weighted by atomic mass is 9.94. The molecule has 314 valence electrons. The third kappa shape index (κ3) is 15.0. The molecular formula is C41H60FN6O8P. The molecule has 4 N–H and O–H groups in total. The Balaban J connectivity index is 1.18. The molecule has 0 amide bonds. The largest absolute Gasteiger partial charge is 0.472 e. The summed E-state index contributed by atoms with van der Waals surface area (Å²) >= 11 is 0. The zero-order valence-electron chi connectivity index (χ0n) is 33.2. The number of benzene rings is 1. The Morgan fingerprint density at radius 1 is 0.982 bits per heavy atom. The summed E-state index contributed by atoms with van der Waals surface area (Å²) in [6.07, 6.45) is 18.2. The van der Waals surface area contributed by atoms with E-state index in [2.05, 4.69) is 17.0 Å². The van der Waals surface area contributed by atoms with Gasteiger partial charge in [-0.2, -0.15) is 15.6 Å².